The fourth-order valence-electron chi connectivity index (χ4n) is 3.59. The number of halogens is 1. The Balaban J connectivity index is 1.45. The van der Waals surface area contributed by atoms with E-state index in [0.717, 1.165) is 22.8 Å². The first-order valence-corrected chi connectivity index (χ1v) is 9.55. The van der Waals surface area contributed by atoms with Gasteiger partial charge in [0.1, 0.15) is 11.6 Å². The van der Waals surface area contributed by atoms with Gasteiger partial charge in [0.05, 0.1) is 30.3 Å². The van der Waals surface area contributed by atoms with Crippen LogP contribution in [0.3, 0.4) is 0 Å². The fraction of sp³-hybridized carbons (Fsp3) is 0.273. The summed E-state index contributed by atoms with van der Waals surface area (Å²) in [5.41, 5.74) is 3.27. The lowest BCUT2D eigenvalue weighted by atomic mass is 10.2. The van der Waals surface area contributed by atoms with E-state index in [1.807, 2.05) is 36.1 Å². The highest BCUT2D eigenvalue weighted by Crippen LogP contribution is 2.21. The molecule has 7 heteroatoms. The number of hydrogen-bond acceptors (Lipinski definition) is 4. The molecule has 3 aromatic rings. The summed E-state index contributed by atoms with van der Waals surface area (Å²) in [6.07, 6.45) is 1.63. The molecule has 29 heavy (non-hydrogen) atoms. The van der Waals surface area contributed by atoms with Crippen LogP contribution in [0, 0.1) is 12.7 Å². The summed E-state index contributed by atoms with van der Waals surface area (Å²) in [4.78, 5) is 17.1. The molecule has 4 rings (SSSR count). The van der Waals surface area contributed by atoms with Crippen LogP contribution in [0.1, 0.15) is 16.1 Å². The van der Waals surface area contributed by atoms with Gasteiger partial charge in [-0.3, -0.25) is 4.79 Å². The number of ether oxygens (including phenoxy) is 1. The van der Waals surface area contributed by atoms with E-state index >= 15 is 0 Å². The molecule has 1 aliphatic rings. The molecule has 1 aliphatic heterocycles. The Labute approximate surface area is 169 Å². The maximum Gasteiger partial charge on any atom is 0.257 e. The van der Waals surface area contributed by atoms with Crippen molar-refractivity contribution in [1.82, 2.24) is 14.7 Å². The molecule has 1 saturated heterocycles. The lowest BCUT2D eigenvalue weighted by molar-refractivity contribution is 0.0746. The number of methoxy groups -OCH3 is 1. The SMILES string of the molecule is COc1ccc(-n2ncc(C(=O)N3CCN(c4ccc(F)cc4)CC3)c2C)cc1. The normalized spacial score (nSPS) is 14.2. The molecular weight excluding hydrogens is 371 g/mol. The van der Waals surface area contributed by atoms with Gasteiger partial charge in [0, 0.05) is 31.9 Å². The molecule has 1 aromatic heterocycles. The maximum atomic E-state index is 13.1. The lowest BCUT2D eigenvalue weighted by Crippen LogP contribution is -2.48. The molecule has 0 aliphatic carbocycles. The minimum atomic E-state index is -0.244. The molecule has 0 radical (unpaired) electrons. The van der Waals surface area contributed by atoms with Gasteiger partial charge < -0.3 is 14.5 Å². The van der Waals surface area contributed by atoms with Crippen molar-refractivity contribution in [2.75, 3.05) is 38.2 Å². The molecule has 1 amide bonds. The van der Waals surface area contributed by atoms with Gasteiger partial charge in [-0.1, -0.05) is 0 Å². The third-order valence-electron chi connectivity index (χ3n) is 5.32. The zero-order valence-electron chi connectivity index (χ0n) is 16.5. The van der Waals surface area contributed by atoms with Crippen molar-refractivity contribution in [3.05, 3.63) is 71.8 Å². The van der Waals surface area contributed by atoms with Crippen molar-refractivity contribution in [3.8, 4) is 11.4 Å². The summed E-state index contributed by atoms with van der Waals surface area (Å²) in [6, 6.07) is 14.0. The summed E-state index contributed by atoms with van der Waals surface area (Å²) in [7, 11) is 1.63. The number of anilines is 1. The Morgan fingerprint density at radius 3 is 2.21 bits per heavy atom. The quantitative estimate of drug-likeness (QED) is 0.681. The second kappa shape index (κ2) is 7.95. The van der Waals surface area contributed by atoms with E-state index in [1.54, 1.807) is 30.1 Å². The Morgan fingerprint density at radius 2 is 1.59 bits per heavy atom. The largest absolute Gasteiger partial charge is 0.497 e. The molecule has 0 N–H and O–H groups in total. The molecule has 2 heterocycles. The molecule has 2 aromatic carbocycles. The van der Waals surface area contributed by atoms with Gasteiger partial charge in [-0.25, -0.2) is 9.07 Å². The highest BCUT2D eigenvalue weighted by molar-refractivity contribution is 5.95. The van der Waals surface area contributed by atoms with Gasteiger partial charge in [0.25, 0.3) is 5.91 Å². The van der Waals surface area contributed by atoms with E-state index in [9.17, 15) is 9.18 Å². The topological polar surface area (TPSA) is 50.6 Å². The third kappa shape index (κ3) is 3.81. The van der Waals surface area contributed by atoms with Crippen molar-refractivity contribution in [2.24, 2.45) is 0 Å². The van der Waals surface area contributed by atoms with Crippen LogP contribution in [-0.2, 0) is 0 Å². The first-order valence-electron chi connectivity index (χ1n) is 9.55. The van der Waals surface area contributed by atoms with Crippen LogP contribution >= 0.6 is 0 Å². The van der Waals surface area contributed by atoms with Crippen molar-refractivity contribution in [2.45, 2.75) is 6.92 Å². The molecule has 0 unspecified atom stereocenters. The Bertz CT molecular complexity index is 991. The minimum Gasteiger partial charge on any atom is -0.497 e. The number of amides is 1. The maximum absolute atomic E-state index is 13.1. The number of hydrogen-bond donors (Lipinski definition) is 0. The van der Waals surface area contributed by atoms with Gasteiger partial charge in [-0.15, -0.1) is 0 Å². The van der Waals surface area contributed by atoms with E-state index in [-0.39, 0.29) is 11.7 Å². The predicted octanol–water partition coefficient (Wildman–Crippen LogP) is 3.29. The first-order chi connectivity index (χ1) is 14.1. The number of aromatic nitrogens is 2. The lowest BCUT2D eigenvalue weighted by Gasteiger charge is -2.36. The average Bonchev–Trinajstić information content (AvgIpc) is 3.15. The number of piperazine rings is 1. The zero-order valence-corrected chi connectivity index (χ0v) is 16.5. The Hall–Kier alpha value is -3.35. The van der Waals surface area contributed by atoms with Crippen molar-refractivity contribution >= 4 is 11.6 Å². The van der Waals surface area contributed by atoms with Crippen molar-refractivity contribution < 1.29 is 13.9 Å². The highest BCUT2D eigenvalue weighted by Gasteiger charge is 2.25. The smallest absolute Gasteiger partial charge is 0.257 e. The number of nitrogens with zero attached hydrogens (tertiary/aromatic N) is 4. The van der Waals surface area contributed by atoms with Crippen molar-refractivity contribution in [1.29, 1.82) is 0 Å². The van der Waals surface area contributed by atoms with E-state index in [1.165, 1.54) is 12.1 Å². The minimum absolute atomic E-state index is 0.0129. The first kappa shape index (κ1) is 19.0. The third-order valence-corrected chi connectivity index (χ3v) is 5.32. The number of benzene rings is 2. The molecule has 1 fully saturated rings. The standard InChI is InChI=1S/C22H23FN4O2/c1-16-21(15-24-27(16)19-7-9-20(29-2)10-8-19)22(28)26-13-11-25(12-14-26)18-5-3-17(23)4-6-18/h3-10,15H,11-14H2,1-2H3. The summed E-state index contributed by atoms with van der Waals surface area (Å²) in [6.45, 7) is 4.55. The van der Waals surface area contributed by atoms with Gasteiger partial charge in [-0.05, 0) is 55.5 Å². The summed E-state index contributed by atoms with van der Waals surface area (Å²) in [5, 5.41) is 4.41. The molecule has 0 atom stereocenters. The van der Waals surface area contributed by atoms with Gasteiger partial charge >= 0.3 is 0 Å². The van der Waals surface area contributed by atoms with Crippen LogP contribution in [0.5, 0.6) is 5.75 Å². The summed E-state index contributed by atoms with van der Waals surface area (Å²) < 4.78 is 20.1. The summed E-state index contributed by atoms with van der Waals surface area (Å²) in [5.74, 6) is 0.516. The zero-order chi connectivity index (χ0) is 20.4. The van der Waals surface area contributed by atoms with Gasteiger partial charge in [0.2, 0.25) is 0 Å². The number of rotatable bonds is 4. The van der Waals surface area contributed by atoms with E-state index in [4.69, 9.17) is 4.74 Å². The van der Waals surface area contributed by atoms with Crippen LogP contribution in [0.25, 0.3) is 5.69 Å². The second-order valence-electron chi connectivity index (χ2n) is 7.01. The van der Waals surface area contributed by atoms with Crippen LogP contribution in [0.4, 0.5) is 10.1 Å². The fourth-order valence-corrected chi connectivity index (χ4v) is 3.59. The Morgan fingerprint density at radius 1 is 0.966 bits per heavy atom. The van der Waals surface area contributed by atoms with Crippen LogP contribution < -0.4 is 9.64 Å². The number of carbonyl (C=O) groups is 1. The predicted molar refractivity (Wildman–Crippen MR) is 109 cm³/mol. The highest BCUT2D eigenvalue weighted by atomic mass is 19.1. The van der Waals surface area contributed by atoms with Crippen LogP contribution in [0.15, 0.2) is 54.7 Å². The molecular formula is C22H23FN4O2. The number of carbonyl (C=O) groups excluding carboxylic acids is 1. The van der Waals surface area contributed by atoms with E-state index in [2.05, 4.69) is 10.00 Å². The summed E-state index contributed by atoms with van der Waals surface area (Å²) >= 11 is 0. The molecule has 6 nitrogen and oxygen atoms in total. The van der Waals surface area contributed by atoms with Crippen molar-refractivity contribution in [3.63, 3.8) is 0 Å². The van der Waals surface area contributed by atoms with E-state index in [0.29, 0.717) is 31.7 Å². The second-order valence-corrected chi connectivity index (χ2v) is 7.01. The Kier molecular flexibility index (Phi) is 5.20. The van der Waals surface area contributed by atoms with Crippen LogP contribution in [0.2, 0.25) is 0 Å². The average molecular weight is 394 g/mol. The van der Waals surface area contributed by atoms with Gasteiger partial charge in [-0.2, -0.15) is 5.10 Å². The van der Waals surface area contributed by atoms with Crippen LogP contribution in [-0.4, -0.2) is 53.9 Å². The molecule has 150 valence electrons. The monoisotopic (exact) mass is 394 g/mol. The van der Waals surface area contributed by atoms with E-state index < -0.39 is 0 Å². The molecule has 0 saturated carbocycles. The molecule has 0 bridgehead atoms. The van der Waals surface area contributed by atoms with Gasteiger partial charge in [0.15, 0.2) is 0 Å². The molecule has 0 spiro atoms.